The lowest BCUT2D eigenvalue weighted by Crippen LogP contribution is -2.11. The van der Waals surface area contributed by atoms with Crippen LogP contribution >= 0.6 is 34.5 Å². The van der Waals surface area contributed by atoms with E-state index in [1.165, 1.54) is 0 Å². The van der Waals surface area contributed by atoms with Crippen molar-refractivity contribution in [3.63, 3.8) is 0 Å². The van der Waals surface area contributed by atoms with Gasteiger partial charge in [-0.2, -0.15) is 0 Å². The first-order chi connectivity index (χ1) is 9.99. The fourth-order valence-corrected chi connectivity index (χ4v) is 3.23. The van der Waals surface area contributed by atoms with Crippen molar-refractivity contribution >= 4 is 46.1 Å². The normalized spacial score (nSPS) is 9.90. The maximum Gasteiger partial charge on any atom is 0.258 e. The molecule has 21 heavy (non-hydrogen) atoms. The average molecular weight is 339 g/mol. The number of anilines is 1. The van der Waals surface area contributed by atoms with Gasteiger partial charge in [-0.15, -0.1) is 11.3 Å². The molecule has 0 atom stereocenters. The van der Waals surface area contributed by atoms with Gasteiger partial charge < -0.3 is 11.1 Å². The van der Waals surface area contributed by atoms with Gasteiger partial charge >= 0.3 is 0 Å². The third-order valence-corrected chi connectivity index (χ3v) is 4.06. The predicted molar refractivity (Wildman–Crippen MR) is 89.4 cm³/mol. The Labute approximate surface area is 137 Å². The molecule has 0 aliphatic carbocycles. The quantitative estimate of drug-likeness (QED) is 0.815. The Morgan fingerprint density at radius 3 is 2.71 bits per heavy atom. The number of rotatable bonds is 2. The van der Waals surface area contributed by atoms with Gasteiger partial charge in [0.25, 0.3) is 5.91 Å². The number of aryl methyl sites for hydroxylation is 1. The van der Waals surface area contributed by atoms with Gasteiger partial charge in [0.1, 0.15) is 4.34 Å². The van der Waals surface area contributed by atoms with E-state index in [0.717, 1.165) is 22.5 Å². The van der Waals surface area contributed by atoms with Gasteiger partial charge in [0, 0.05) is 11.3 Å². The highest BCUT2D eigenvalue weighted by molar-refractivity contribution is 7.20. The molecule has 0 saturated heterocycles. The number of nitrogens with one attached hydrogen (secondary N) is 1. The van der Waals surface area contributed by atoms with Gasteiger partial charge in [-0.3, -0.25) is 4.79 Å². The van der Waals surface area contributed by atoms with Gasteiger partial charge in [-0.25, -0.2) is 0 Å². The monoisotopic (exact) mass is 338 g/mol. The Kier molecular flexibility index (Phi) is 5.27. The van der Waals surface area contributed by atoms with Crippen LogP contribution in [0.15, 0.2) is 24.3 Å². The van der Waals surface area contributed by atoms with Crippen molar-refractivity contribution in [1.29, 1.82) is 0 Å². The number of benzene rings is 1. The summed E-state index contributed by atoms with van der Waals surface area (Å²) in [7, 11) is 0. The molecule has 0 aliphatic rings. The molecule has 0 unspecified atom stereocenters. The molecule has 0 saturated carbocycles. The van der Waals surface area contributed by atoms with Crippen LogP contribution in [-0.2, 0) is 0 Å². The lowest BCUT2D eigenvalue weighted by molar-refractivity contribution is 0.102. The molecule has 1 heterocycles. The maximum absolute atomic E-state index is 12.2. The standard InChI is InChI=1S/C15H12Cl2N2OS/c1-9-5-10(3-2-4-18)7-11(6-9)19-15(20)12-8-13(16)21-14(12)17/h5-8H,4,18H2,1H3,(H,19,20). The summed E-state index contributed by atoms with van der Waals surface area (Å²) in [5, 5.41) is 2.80. The fourth-order valence-electron chi connectivity index (χ4n) is 1.77. The summed E-state index contributed by atoms with van der Waals surface area (Å²) < 4.78 is 0.845. The summed E-state index contributed by atoms with van der Waals surface area (Å²) in [6.07, 6.45) is 0. The van der Waals surface area contributed by atoms with Crippen molar-refractivity contribution in [3.8, 4) is 11.8 Å². The summed E-state index contributed by atoms with van der Waals surface area (Å²) in [6.45, 7) is 2.22. The predicted octanol–water partition coefficient (Wildman–Crippen LogP) is 3.93. The zero-order chi connectivity index (χ0) is 15.4. The van der Waals surface area contributed by atoms with E-state index < -0.39 is 0 Å². The molecule has 0 bridgehead atoms. The number of nitrogens with two attached hydrogens (primary N) is 1. The number of hydrogen-bond donors (Lipinski definition) is 2. The summed E-state index contributed by atoms with van der Waals surface area (Å²) in [5.74, 6) is 5.43. The minimum atomic E-state index is -0.300. The number of hydrogen-bond acceptors (Lipinski definition) is 3. The van der Waals surface area contributed by atoms with Crippen LogP contribution in [0.4, 0.5) is 5.69 Å². The summed E-state index contributed by atoms with van der Waals surface area (Å²) in [4.78, 5) is 12.2. The molecular weight excluding hydrogens is 327 g/mol. The zero-order valence-electron chi connectivity index (χ0n) is 11.2. The second kappa shape index (κ2) is 6.97. The minimum Gasteiger partial charge on any atom is -0.322 e. The highest BCUT2D eigenvalue weighted by Crippen LogP contribution is 2.31. The smallest absolute Gasteiger partial charge is 0.258 e. The molecule has 1 aromatic heterocycles. The number of halogens is 2. The lowest BCUT2D eigenvalue weighted by Gasteiger charge is -2.06. The van der Waals surface area contributed by atoms with E-state index in [9.17, 15) is 4.79 Å². The summed E-state index contributed by atoms with van der Waals surface area (Å²) in [6, 6.07) is 7.12. The number of carbonyl (C=O) groups is 1. The molecule has 3 nitrogen and oxygen atoms in total. The zero-order valence-corrected chi connectivity index (χ0v) is 13.5. The first kappa shape index (κ1) is 15.9. The maximum atomic E-state index is 12.2. The first-order valence-corrected chi connectivity index (χ1v) is 7.63. The van der Waals surface area contributed by atoms with Gasteiger partial charge in [0.2, 0.25) is 0 Å². The molecule has 0 radical (unpaired) electrons. The number of amides is 1. The van der Waals surface area contributed by atoms with Crippen molar-refractivity contribution in [3.05, 3.63) is 49.6 Å². The van der Waals surface area contributed by atoms with Crippen molar-refractivity contribution < 1.29 is 4.79 Å². The molecule has 1 amide bonds. The average Bonchev–Trinajstić information content (AvgIpc) is 2.75. The first-order valence-electron chi connectivity index (χ1n) is 6.06. The van der Waals surface area contributed by atoms with Crippen molar-refractivity contribution in [2.24, 2.45) is 5.73 Å². The molecular formula is C15H12Cl2N2OS. The molecule has 0 spiro atoms. The Morgan fingerprint density at radius 1 is 1.33 bits per heavy atom. The summed E-state index contributed by atoms with van der Waals surface area (Å²) in [5.41, 5.74) is 8.16. The van der Waals surface area contributed by atoms with Crippen LogP contribution in [-0.4, -0.2) is 12.5 Å². The van der Waals surface area contributed by atoms with E-state index in [2.05, 4.69) is 17.2 Å². The number of carbonyl (C=O) groups excluding carboxylic acids is 1. The van der Waals surface area contributed by atoms with E-state index in [0.29, 0.717) is 26.5 Å². The van der Waals surface area contributed by atoms with Crippen molar-refractivity contribution in [1.82, 2.24) is 0 Å². The van der Waals surface area contributed by atoms with Crippen LogP contribution in [0.3, 0.4) is 0 Å². The van der Waals surface area contributed by atoms with Crippen LogP contribution in [0.2, 0.25) is 8.67 Å². The van der Waals surface area contributed by atoms with E-state index in [1.807, 2.05) is 19.1 Å². The van der Waals surface area contributed by atoms with Crippen LogP contribution in [0.5, 0.6) is 0 Å². The second-order valence-electron chi connectivity index (χ2n) is 4.29. The molecule has 108 valence electrons. The molecule has 6 heteroatoms. The van der Waals surface area contributed by atoms with E-state index in [-0.39, 0.29) is 5.91 Å². The van der Waals surface area contributed by atoms with Gasteiger partial charge in [-0.05, 0) is 36.8 Å². The Balaban J connectivity index is 2.25. The lowest BCUT2D eigenvalue weighted by atomic mass is 10.1. The van der Waals surface area contributed by atoms with Crippen molar-refractivity contribution in [2.45, 2.75) is 6.92 Å². The SMILES string of the molecule is Cc1cc(C#CCN)cc(NC(=O)c2cc(Cl)sc2Cl)c1. The van der Waals surface area contributed by atoms with E-state index in [1.54, 1.807) is 12.1 Å². The van der Waals surface area contributed by atoms with Gasteiger partial charge in [0.15, 0.2) is 0 Å². The van der Waals surface area contributed by atoms with E-state index >= 15 is 0 Å². The third-order valence-electron chi connectivity index (χ3n) is 2.57. The second-order valence-corrected chi connectivity index (χ2v) is 6.57. The van der Waals surface area contributed by atoms with Crippen LogP contribution in [0.25, 0.3) is 0 Å². The van der Waals surface area contributed by atoms with Gasteiger partial charge in [0.05, 0.1) is 16.4 Å². The Morgan fingerprint density at radius 2 is 2.10 bits per heavy atom. The molecule has 2 rings (SSSR count). The highest BCUT2D eigenvalue weighted by Gasteiger charge is 2.14. The Bertz CT molecular complexity index is 744. The third kappa shape index (κ3) is 4.23. The molecule has 1 aromatic carbocycles. The molecule has 3 N–H and O–H groups in total. The van der Waals surface area contributed by atoms with Crippen molar-refractivity contribution in [2.75, 3.05) is 11.9 Å². The Hall–Kier alpha value is -1.51. The minimum absolute atomic E-state index is 0.290. The largest absolute Gasteiger partial charge is 0.322 e. The fraction of sp³-hybridized carbons (Fsp3) is 0.133. The number of thiophene rings is 1. The van der Waals surface area contributed by atoms with E-state index in [4.69, 9.17) is 28.9 Å². The summed E-state index contributed by atoms with van der Waals surface area (Å²) >= 11 is 13.0. The van der Waals surface area contributed by atoms with Crippen LogP contribution in [0, 0.1) is 18.8 Å². The molecule has 2 aromatic rings. The van der Waals surface area contributed by atoms with Crippen LogP contribution < -0.4 is 11.1 Å². The molecule has 0 fully saturated rings. The molecule has 0 aliphatic heterocycles. The topological polar surface area (TPSA) is 55.1 Å². The highest BCUT2D eigenvalue weighted by atomic mass is 35.5. The van der Waals surface area contributed by atoms with Crippen LogP contribution in [0.1, 0.15) is 21.5 Å². The van der Waals surface area contributed by atoms with Gasteiger partial charge in [-0.1, -0.05) is 35.0 Å².